The van der Waals surface area contributed by atoms with Crippen LogP contribution < -0.4 is 11.1 Å². The predicted molar refractivity (Wildman–Crippen MR) is 72.0 cm³/mol. The van der Waals surface area contributed by atoms with Crippen molar-refractivity contribution in [1.29, 1.82) is 0 Å². The van der Waals surface area contributed by atoms with Crippen molar-refractivity contribution in [3.63, 3.8) is 0 Å². The lowest BCUT2D eigenvalue weighted by molar-refractivity contribution is -0.125. The number of carbonyl (C=O) groups is 1. The smallest absolute Gasteiger partial charge is 0.254 e. The fraction of sp³-hybridized carbons (Fsp3) is 0.231. The van der Waals surface area contributed by atoms with Crippen molar-refractivity contribution in [2.24, 2.45) is 5.73 Å². The third-order valence-corrected chi connectivity index (χ3v) is 2.67. The molecule has 6 nitrogen and oxygen atoms in total. The van der Waals surface area contributed by atoms with E-state index in [0.717, 1.165) is 5.69 Å². The van der Waals surface area contributed by atoms with E-state index < -0.39 is 6.10 Å². The maximum absolute atomic E-state index is 11.8. The second-order valence-corrected chi connectivity index (χ2v) is 3.95. The highest BCUT2D eigenvalue weighted by Gasteiger charge is 2.15. The number of hydrogen-bond acceptors (Lipinski definition) is 4. The van der Waals surface area contributed by atoms with Crippen LogP contribution in [0.4, 0.5) is 5.69 Å². The zero-order chi connectivity index (χ0) is 13.7. The van der Waals surface area contributed by atoms with Gasteiger partial charge in [-0.2, -0.15) is 5.10 Å². The van der Waals surface area contributed by atoms with E-state index in [1.165, 1.54) is 7.11 Å². The number of ether oxygens (including phenoxy) is 1. The van der Waals surface area contributed by atoms with Crippen LogP contribution in [0.1, 0.15) is 0 Å². The molecule has 6 heteroatoms. The van der Waals surface area contributed by atoms with E-state index in [1.54, 1.807) is 16.9 Å². The molecule has 3 N–H and O–H groups in total. The Morgan fingerprint density at radius 1 is 1.53 bits per heavy atom. The molecule has 0 aliphatic carbocycles. The number of benzene rings is 1. The maximum Gasteiger partial charge on any atom is 0.254 e. The Hall–Kier alpha value is -2.18. The molecule has 0 spiro atoms. The van der Waals surface area contributed by atoms with Crippen molar-refractivity contribution in [3.8, 4) is 5.69 Å². The van der Waals surface area contributed by atoms with Crippen LogP contribution in [0, 0.1) is 0 Å². The van der Waals surface area contributed by atoms with Crippen molar-refractivity contribution < 1.29 is 9.53 Å². The Bertz CT molecular complexity index is 535. The minimum absolute atomic E-state index is 0.140. The molecule has 0 bridgehead atoms. The van der Waals surface area contributed by atoms with Gasteiger partial charge in [0, 0.05) is 31.7 Å². The maximum atomic E-state index is 11.8. The minimum atomic E-state index is -0.645. The van der Waals surface area contributed by atoms with Crippen LogP contribution in [0.15, 0.2) is 42.7 Å². The van der Waals surface area contributed by atoms with Gasteiger partial charge in [-0.3, -0.25) is 4.79 Å². The summed E-state index contributed by atoms with van der Waals surface area (Å²) in [4.78, 5) is 11.8. The minimum Gasteiger partial charge on any atom is -0.370 e. The average Bonchev–Trinajstić information content (AvgIpc) is 2.94. The molecule has 100 valence electrons. The van der Waals surface area contributed by atoms with E-state index in [9.17, 15) is 4.79 Å². The molecule has 0 aliphatic heterocycles. The molecule has 1 heterocycles. The van der Waals surface area contributed by atoms with Gasteiger partial charge in [0.05, 0.1) is 5.69 Å². The van der Waals surface area contributed by atoms with E-state index in [0.29, 0.717) is 5.69 Å². The third kappa shape index (κ3) is 3.18. The molecule has 1 amide bonds. The Morgan fingerprint density at radius 2 is 2.37 bits per heavy atom. The summed E-state index contributed by atoms with van der Waals surface area (Å²) in [5.74, 6) is -0.261. The Balaban J connectivity index is 2.14. The monoisotopic (exact) mass is 260 g/mol. The standard InChI is InChI=1S/C13H16N4O2/c1-19-12(9-14)13(18)16-10-4-2-5-11(8-10)17-7-3-6-15-17/h2-8,12H,9,14H2,1H3,(H,16,18). The lowest BCUT2D eigenvalue weighted by Gasteiger charge is -2.13. The van der Waals surface area contributed by atoms with Crippen LogP contribution in [-0.4, -0.2) is 35.4 Å². The van der Waals surface area contributed by atoms with Crippen LogP contribution >= 0.6 is 0 Å². The first-order chi connectivity index (χ1) is 9.24. The molecule has 2 rings (SSSR count). The van der Waals surface area contributed by atoms with Crippen LogP contribution in [0.3, 0.4) is 0 Å². The second-order valence-electron chi connectivity index (χ2n) is 3.95. The number of nitrogens with two attached hydrogens (primary N) is 1. The molecule has 0 fully saturated rings. The van der Waals surface area contributed by atoms with E-state index in [1.807, 2.05) is 30.5 Å². The first-order valence-electron chi connectivity index (χ1n) is 5.88. The van der Waals surface area contributed by atoms with Gasteiger partial charge in [0.2, 0.25) is 0 Å². The van der Waals surface area contributed by atoms with Crippen molar-refractivity contribution in [2.45, 2.75) is 6.10 Å². The SMILES string of the molecule is COC(CN)C(=O)Nc1cccc(-n2cccn2)c1. The number of rotatable bonds is 5. The van der Waals surface area contributed by atoms with Crippen LogP contribution in [0.25, 0.3) is 5.69 Å². The van der Waals surface area contributed by atoms with E-state index in [2.05, 4.69) is 10.4 Å². The van der Waals surface area contributed by atoms with E-state index in [-0.39, 0.29) is 12.5 Å². The van der Waals surface area contributed by atoms with E-state index in [4.69, 9.17) is 10.5 Å². The summed E-state index contributed by atoms with van der Waals surface area (Å²) in [6.07, 6.45) is 2.88. The fourth-order valence-corrected chi connectivity index (χ4v) is 1.68. The second kappa shape index (κ2) is 6.12. The number of nitrogens with zero attached hydrogens (tertiary/aromatic N) is 2. The van der Waals surface area contributed by atoms with Gasteiger partial charge in [-0.25, -0.2) is 4.68 Å². The van der Waals surface area contributed by atoms with Gasteiger partial charge < -0.3 is 15.8 Å². The zero-order valence-corrected chi connectivity index (χ0v) is 10.6. The summed E-state index contributed by atoms with van der Waals surface area (Å²) < 4.78 is 6.70. The molecule has 19 heavy (non-hydrogen) atoms. The highest BCUT2D eigenvalue weighted by atomic mass is 16.5. The summed E-state index contributed by atoms with van der Waals surface area (Å²) in [5, 5.41) is 6.89. The molecular formula is C13H16N4O2. The third-order valence-electron chi connectivity index (χ3n) is 2.67. The first kappa shape index (κ1) is 13.3. The van der Waals surface area contributed by atoms with Crippen molar-refractivity contribution in [2.75, 3.05) is 19.0 Å². The van der Waals surface area contributed by atoms with Crippen LogP contribution in [0.2, 0.25) is 0 Å². The molecule has 1 aromatic heterocycles. The molecule has 0 aliphatic rings. The molecule has 0 radical (unpaired) electrons. The summed E-state index contributed by atoms with van der Waals surface area (Å²) in [6, 6.07) is 9.21. The topological polar surface area (TPSA) is 82.2 Å². The molecule has 0 saturated carbocycles. The number of methoxy groups -OCH3 is 1. The van der Waals surface area contributed by atoms with Gasteiger partial charge in [-0.15, -0.1) is 0 Å². The van der Waals surface area contributed by atoms with Gasteiger partial charge in [0.15, 0.2) is 0 Å². The number of aromatic nitrogens is 2. The Kier molecular flexibility index (Phi) is 4.27. The molecule has 2 aromatic rings. The molecule has 0 saturated heterocycles. The number of anilines is 1. The van der Waals surface area contributed by atoms with E-state index >= 15 is 0 Å². The Labute approximate surface area is 111 Å². The summed E-state index contributed by atoms with van der Waals surface area (Å²) >= 11 is 0. The summed E-state index contributed by atoms with van der Waals surface area (Å²) in [5.41, 5.74) is 6.98. The van der Waals surface area contributed by atoms with Gasteiger partial charge in [-0.1, -0.05) is 6.07 Å². The van der Waals surface area contributed by atoms with Gasteiger partial charge in [-0.05, 0) is 24.3 Å². The quantitative estimate of drug-likeness (QED) is 0.832. The van der Waals surface area contributed by atoms with Gasteiger partial charge in [0.25, 0.3) is 5.91 Å². The zero-order valence-electron chi connectivity index (χ0n) is 10.6. The number of nitrogens with one attached hydrogen (secondary N) is 1. The molecule has 1 aromatic carbocycles. The van der Waals surface area contributed by atoms with Crippen LogP contribution in [-0.2, 0) is 9.53 Å². The highest BCUT2D eigenvalue weighted by Crippen LogP contribution is 2.14. The van der Waals surface area contributed by atoms with Crippen LogP contribution in [0.5, 0.6) is 0 Å². The fourth-order valence-electron chi connectivity index (χ4n) is 1.68. The Morgan fingerprint density at radius 3 is 3.00 bits per heavy atom. The normalized spacial score (nSPS) is 12.1. The average molecular weight is 260 g/mol. The summed E-state index contributed by atoms with van der Waals surface area (Å²) in [6.45, 7) is 0.140. The molecule has 1 unspecified atom stereocenters. The lowest BCUT2D eigenvalue weighted by Crippen LogP contribution is -2.35. The number of amides is 1. The lowest BCUT2D eigenvalue weighted by atomic mass is 10.2. The molecular weight excluding hydrogens is 244 g/mol. The largest absolute Gasteiger partial charge is 0.370 e. The van der Waals surface area contributed by atoms with Gasteiger partial charge in [0.1, 0.15) is 6.10 Å². The van der Waals surface area contributed by atoms with Crippen molar-refractivity contribution >= 4 is 11.6 Å². The predicted octanol–water partition coefficient (Wildman–Crippen LogP) is 0.784. The number of carbonyl (C=O) groups excluding carboxylic acids is 1. The van der Waals surface area contributed by atoms with Crippen molar-refractivity contribution in [1.82, 2.24) is 9.78 Å². The summed E-state index contributed by atoms with van der Waals surface area (Å²) in [7, 11) is 1.46. The van der Waals surface area contributed by atoms with Crippen molar-refractivity contribution in [3.05, 3.63) is 42.7 Å². The molecule has 1 atom stereocenters. The number of hydrogen-bond donors (Lipinski definition) is 2. The first-order valence-corrected chi connectivity index (χ1v) is 5.88. The highest BCUT2D eigenvalue weighted by molar-refractivity contribution is 5.94. The van der Waals surface area contributed by atoms with Gasteiger partial charge >= 0.3 is 0 Å².